The van der Waals surface area contributed by atoms with Gasteiger partial charge in [-0.15, -0.1) is 0 Å². The molecule has 0 aliphatic carbocycles. The zero-order valence-electron chi connectivity index (χ0n) is 20.4. The van der Waals surface area contributed by atoms with E-state index in [0.717, 1.165) is 10.6 Å². The van der Waals surface area contributed by atoms with E-state index in [2.05, 4.69) is 5.32 Å². The minimum atomic E-state index is -3.87. The topological polar surface area (TPSA) is 122 Å². The third kappa shape index (κ3) is 7.49. The number of hydrogen-bond donors (Lipinski definition) is 1. The third-order valence-electron chi connectivity index (χ3n) is 5.58. The van der Waals surface area contributed by atoms with E-state index in [-0.39, 0.29) is 40.2 Å². The predicted octanol–water partition coefficient (Wildman–Crippen LogP) is 2.75. The molecule has 1 saturated heterocycles. The standard InChI is InChI=1S/C23H29Cl2N3O7S2/c1-3-21(28(36(2,30)31)22-16-17(24)4-9-20(22)25)23(29)26-10-13-35-18-5-7-19(8-6-18)37(32,33)27-11-14-34-15-12-27/h4-9,16,21H,3,10-15H2,1-2H3,(H,26,29)/t21-/m1/s1. The first-order chi connectivity index (χ1) is 17.4. The Kier molecular flexibility index (Phi) is 10.1. The van der Waals surface area contributed by atoms with E-state index >= 15 is 0 Å². The zero-order valence-corrected chi connectivity index (χ0v) is 23.5. The Morgan fingerprint density at radius 2 is 1.76 bits per heavy atom. The van der Waals surface area contributed by atoms with Crippen LogP contribution < -0.4 is 14.4 Å². The van der Waals surface area contributed by atoms with E-state index in [1.54, 1.807) is 6.92 Å². The van der Waals surface area contributed by atoms with Crippen LogP contribution >= 0.6 is 23.2 Å². The van der Waals surface area contributed by atoms with Crippen LogP contribution in [-0.4, -0.2) is 78.8 Å². The maximum absolute atomic E-state index is 12.9. The number of halogens is 2. The van der Waals surface area contributed by atoms with Crippen LogP contribution in [0.25, 0.3) is 0 Å². The van der Waals surface area contributed by atoms with E-state index in [4.69, 9.17) is 32.7 Å². The summed E-state index contributed by atoms with van der Waals surface area (Å²) in [6.45, 7) is 3.18. The van der Waals surface area contributed by atoms with Crippen LogP contribution in [-0.2, 0) is 29.6 Å². The lowest BCUT2D eigenvalue weighted by atomic mass is 10.2. The van der Waals surface area contributed by atoms with Crippen molar-refractivity contribution in [2.75, 3.05) is 50.0 Å². The van der Waals surface area contributed by atoms with Gasteiger partial charge in [-0.1, -0.05) is 30.1 Å². The summed E-state index contributed by atoms with van der Waals surface area (Å²) < 4.78 is 63.8. The number of hydrogen-bond acceptors (Lipinski definition) is 7. The summed E-state index contributed by atoms with van der Waals surface area (Å²) in [5.74, 6) is -0.106. The Bertz CT molecular complexity index is 1300. The number of ether oxygens (including phenoxy) is 2. The Hall–Kier alpha value is -2.09. The summed E-state index contributed by atoms with van der Waals surface area (Å²) in [7, 11) is -7.48. The Morgan fingerprint density at radius 1 is 1.11 bits per heavy atom. The van der Waals surface area contributed by atoms with Gasteiger partial charge in [0.1, 0.15) is 18.4 Å². The number of benzene rings is 2. The van der Waals surface area contributed by atoms with Gasteiger partial charge in [0.2, 0.25) is 26.0 Å². The second kappa shape index (κ2) is 12.6. The van der Waals surface area contributed by atoms with Gasteiger partial charge >= 0.3 is 0 Å². The molecule has 10 nitrogen and oxygen atoms in total. The summed E-state index contributed by atoms with van der Waals surface area (Å²) in [5, 5.41) is 3.10. The van der Waals surface area contributed by atoms with Gasteiger partial charge in [0.05, 0.1) is 41.6 Å². The van der Waals surface area contributed by atoms with Crippen LogP contribution in [0.2, 0.25) is 10.0 Å². The maximum atomic E-state index is 12.9. The normalized spacial score (nSPS) is 15.7. The molecule has 1 amide bonds. The number of nitrogens with zero attached hydrogens (tertiary/aromatic N) is 2. The van der Waals surface area contributed by atoms with Gasteiger partial charge in [-0.05, 0) is 48.9 Å². The molecule has 37 heavy (non-hydrogen) atoms. The van der Waals surface area contributed by atoms with Gasteiger partial charge in [-0.25, -0.2) is 16.8 Å². The summed E-state index contributed by atoms with van der Waals surface area (Å²) >= 11 is 12.3. The van der Waals surface area contributed by atoms with Crippen molar-refractivity contribution in [2.45, 2.75) is 24.3 Å². The number of anilines is 1. The van der Waals surface area contributed by atoms with Gasteiger partial charge in [0.25, 0.3) is 0 Å². The highest BCUT2D eigenvalue weighted by molar-refractivity contribution is 7.92. The van der Waals surface area contributed by atoms with Crippen molar-refractivity contribution in [3.8, 4) is 5.75 Å². The second-order valence-corrected chi connectivity index (χ2v) is 12.8. The minimum absolute atomic E-state index is 0.0779. The van der Waals surface area contributed by atoms with Crippen molar-refractivity contribution in [1.82, 2.24) is 9.62 Å². The molecule has 0 saturated carbocycles. The van der Waals surface area contributed by atoms with E-state index in [0.29, 0.717) is 32.1 Å². The van der Waals surface area contributed by atoms with Crippen molar-refractivity contribution in [2.24, 2.45) is 0 Å². The predicted molar refractivity (Wildman–Crippen MR) is 142 cm³/mol. The first-order valence-electron chi connectivity index (χ1n) is 11.5. The van der Waals surface area contributed by atoms with Crippen LogP contribution in [0.5, 0.6) is 5.75 Å². The number of carbonyl (C=O) groups is 1. The molecule has 1 aliphatic heterocycles. The summed E-state index contributed by atoms with van der Waals surface area (Å²) in [6.07, 6.45) is 1.17. The molecule has 0 radical (unpaired) electrons. The fraction of sp³-hybridized carbons (Fsp3) is 0.435. The second-order valence-electron chi connectivity index (χ2n) is 8.21. The summed E-state index contributed by atoms with van der Waals surface area (Å²) in [6, 6.07) is 9.33. The molecular weight excluding hydrogens is 565 g/mol. The highest BCUT2D eigenvalue weighted by Crippen LogP contribution is 2.33. The Morgan fingerprint density at radius 3 is 2.35 bits per heavy atom. The lowest BCUT2D eigenvalue weighted by Crippen LogP contribution is -2.50. The molecule has 1 N–H and O–H groups in total. The number of rotatable bonds is 11. The van der Waals surface area contributed by atoms with Crippen molar-refractivity contribution < 1.29 is 31.1 Å². The molecule has 0 aromatic heterocycles. The zero-order chi connectivity index (χ0) is 27.2. The van der Waals surface area contributed by atoms with Crippen LogP contribution in [0.1, 0.15) is 13.3 Å². The molecule has 2 aromatic carbocycles. The van der Waals surface area contributed by atoms with Crippen LogP contribution in [0, 0.1) is 0 Å². The molecule has 0 bridgehead atoms. The molecule has 0 unspecified atom stereocenters. The highest BCUT2D eigenvalue weighted by atomic mass is 35.5. The largest absolute Gasteiger partial charge is 0.492 e. The average molecular weight is 595 g/mol. The lowest BCUT2D eigenvalue weighted by molar-refractivity contribution is -0.122. The molecule has 0 spiro atoms. The molecule has 1 aliphatic rings. The van der Waals surface area contributed by atoms with Crippen LogP contribution in [0.3, 0.4) is 0 Å². The number of amides is 1. The van der Waals surface area contributed by atoms with Gasteiger partial charge in [-0.2, -0.15) is 4.31 Å². The van der Waals surface area contributed by atoms with Crippen molar-refractivity contribution in [3.63, 3.8) is 0 Å². The van der Waals surface area contributed by atoms with E-state index < -0.39 is 32.0 Å². The Labute approximate surface area is 227 Å². The van der Waals surface area contributed by atoms with E-state index in [9.17, 15) is 21.6 Å². The number of sulfonamides is 2. The fourth-order valence-corrected chi connectivity index (χ4v) is 6.84. The fourth-order valence-electron chi connectivity index (χ4n) is 3.79. The van der Waals surface area contributed by atoms with Crippen molar-refractivity contribution in [3.05, 3.63) is 52.5 Å². The molecule has 204 valence electrons. The van der Waals surface area contributed by atoms with E-state index in [1.807, 2.05) is 0 Å². The van der Waals surface area contributed by atoms with Gasteiger partial charge < -0.3 is 14.8 Å². The average Bonchev–Trinajstić information content (AvgIpc) is 2.86. The van der Waals surface area contributed by atoms with Gasteiger partial charge in [0.15, 0.2) is 0 Å². The third-order valence-corrected chi connectivity index (χ3v) is 9.21. The molecule has 3 rings (SSSR count). The SMILES string of the molecule is CC[C@H](C(=O)NCCOc1ccc(S(=O)(=O)N2CCOCC2)cc1)N(c1cc(Cl)ccc1Cl)S(C)(=O)=O. The lowest BCUT2D eigenvalue weighted by Gasteiger charge is -2.30. The maximum Gasteiger partial charge on any atom is 0.244 e. The molecule has 2 aromatic rings. The first-order valence-corrected chi connectivity index (χ1v) is 15.5. The number of carbonyl (C=O) groups excluding carboxylic acids is 1. The van der Waals surface area contributed by atoms with Crippen molar-refractivity contribution in [1.29, 1.82) is 0 Å². The van der Waals surface area contributed by atoms with Crippen molar-refractivity contribution >= 4 is 54.8 Å². The van der Waals surface area contributed by atoms with Gasteiger partial charge in [0, 0.05) is 18.1 Å². The van der Waals surface area contributed by atoms with E-state index in [1.165, 1.54) is 46.8 Å². The highest BCUT2D eigenvalue weighted by Gasteiger charge is 2.33. The first kappa shape index (κ1) is 29.5. The molecular formula is C23H29Cl2N3O7S2. The van der Waals surface area contributed by atoms with Crippen LogP contribution in [0.15, 0.2) is 47.4 Å². The quantitative estimate of drug-likeness (QED) is 0.397. The number of morpholine rings is 1. The smallest absolute Gasteiger partial charge is 0.244 e. The minimum Gasteiger partial charge on any atom is -0.492 e. The monoisotopic (exact) mass is 593 g/mol. The molecule has 14 heteroatoms. The summed E-state index contributed by atoms with van der Waals surface area (Å²) in [4.78, 5) is 13.1. The Balaban J connectivity index is 1.60. The van der Waals surface area contributed by atoms with Gasteiger partial charge in [-0.3, -0.25) is 9.10 Å². The number of nitrogens with one attached hydrogen (secondary N) is 1. The molecule has 1 atom stereocenters. The molecule has 1 fully saturated rings. The molecule has 1 heterocycles. The summed E-state index contributed by atoms with van der Waals surface area (Å²) in [5.41, 5.74) is 0.113. The van der Waals surface area contributed by atoms with Crippen LogP contribution in [0.4, 0.5) is 5.69 Å².